The third-order valence-corrected chi connectivity index (χ3v) is 6.68. The van der Waals surface area contributed by atoms with Crippen molar-refractivity contribution in [2.75, 3.05) is 18.2 Å². The zero-order valence-electron chi connectivity index (χ0n) is 17.6. The van der Waals surface area contributed by atoms with Gasteiger partial charge in [-0.2, -0.15) is 0 Å². The number of nitrogens with zero attached hydrogens (tertiary/aromatic N) is 4. The fourth-order valence-corrected chi connectivity index (χ4v) is 4.95. The van der Waals surface area contributed by atoms with Crippen LogP contribution < -0.4 is 14.4 Å². The Morgan fingerprint density at radius 2 is 1.76 bits per heavy atom. The van der Waals surface area contributed by atoms with Gasteiger partial charge in [0.05, 0.1) is 27.9 Å². The Kier molecular flexibility index (Phi) is 4.73. The second-order valence-electron chi connectivity index (χ2n) is 7.75. The second kappa shape index (κ2) is 7.92. The Balaban J connectivity index is 1.34. The molecular formula is C24H16N4O5S. The molecule has 10 heteroatoms. The van der Waals surface area contributed by atoms with Crippen molar-refractivity contribution in [2.45, 2.75) is 6.54 Å². The molecule has 2 aromatic heterocycles. The van der Waals surface area contributed by atoms with Crippen molar-refractivity contribution in [1.82, 2.24) is 14.9 Å². The number of ether oxygens (including phenoxy) is 2. The van der Waals surface area contributed by atoms with Gasteiger partial charge in [0.1, 0.15) is 6.54 Å². The molecule has 9 nitrogen and oxygen atoms in total. The molecule has 4 heterocycles. The molecule has 0 aliphatic carbocycles. The molecule has 6 rings (SSSR count). The van der Waals surface area contributed by atoms with Gasteiger partial charge in [0, 0.05) is 24.5 Å². The van der Waals surface area contributed by atoms with Crippen LogP contribution in [-0.4, -0.2) is 45.9 Å². The van der Waals surface area contributed by atoms with Crippen LogP contribution >= 0.6 is 11.3 Å². The lowest BCUT2D eigenvalue weighted by Gasteiger charge is -2.22. The minimum absolute atomic E-state index is 0.158. The van der Waals surface area contributed by atoms with Crippen molar-refractivity contribution in [3.05, 3.63) is 77.6 Å². The molecule has 0 fully saturated rings. The standard InChI is InChI=1S/C24H16N4O5S/c29-21(12-28-22(30)15-5-1-2-6-16(15)23(28)31)27(11-14-4-3-7-25-10-14)24-26-17-8-18-19(33-13-32-18)9-20(17)34-24/h1-10H,11-13H2. The smallest absolute Gasteiger partial charge is 0.262 e. The van der Waals surface area contributed by atoms with Crippen LogP contribution in [0.25, 0.3) is 10.2 Å². The van der Waals surface area contributed by atoms with Gasteiger partial charge in [0.2, 0.25) is 12.7 Å². The number of aromatic nitrogens is 2. The molecule has 4 aromatic rings. The molecule has 34 heavy (non-hydrogen) atoms. The Morgan fingerprint density at radius 1 is 1.03 bits per heavy atom. The van der Waals surface area contributed by atoms with Gasteiger partial charge in [-0.15, -0.1) is 0 Å². The van der Waals surface area contributed by atoms with Crippen LogP contribution in [0.2, 0.25) is 0 Å². The van der Waals surface area contributed by atoms with Crippen molar-refractivity contribution in [3.63, 3.8) is 0 Å². The maximum atomic E-state index is 13.5. The minimum atomic E-state index is -0.481. The average molecular weight is 472 g/mol. The molecule has 0 spiro atoms. The van der Waals surface area contributed by atoms with E-state index in [0.29, 0.717) is 33.3 Å². The van der Waals surface area contributed by atoms with E-state index in [1.54, 1.807) is 48.8 Å². The first-order valence-corrected chi connectivity index (χ1v) is 11.2. The Labute approximate surface area is 197 Å². The van der Waals surface area contributed by atoms with Crippen molar-refractivity contribution >= 4 is 44.4 Å². The highest BCUT2D eigenvalue weighted by atomic mass is 32.1. The number of rotatable bonds is 5. The van der Waals surface area contributed by atoms with E-state index in [-0.39, 0.29) is 13.3 Å². The van der Waals surface area contributed by atoms with Gasteiger partial charge in [0.15, 0.2) is 16.6 Å². The first kappa shape index (κ1) is 20.3. The minimum Gasteiger partial charge on any atom is -0.454 e. The molecule has 0 bridgehead atoms. The maximum Gasteiger partial charge on any atom is 0.262 e. The molecule has 3 amide bonds. The third-order valence-electron chi connectivity index (χ3n) is 5.64. The van der Waals surface area contributed by atoms with Gasteiger partial charge in [-0.1, -0.05) is 29.5 Å². The van der Waals surface area contributed by atoms with Gasteiger partial charge in [-0.05, 0) is 23.8 Å². The van der Waals surface area contributed by atoms with E-state index in [0.717, 1.165) is 15.2 Å². The fourth-order valence-electron chi connectivity index (χ4n) is 3.96. The number of pyridine rings is 1. The van der Waals surface area contributed by atoms with Crippen LogP contribution in [0.5, 0.6) is 11.5 Å². The lowest BCUT2D eigenvalue weighted by Crippen LogP contribution is -2.42. The first-order chi connectivity index (χ1) is 16.6. The summed E-state index contributed by atoms with van der Waals surface area (Å²) in [5, 5.41) is 0.434. The van der Waals surface area contributed by atoms with Crippen molar-refractivity contribution < 1.29 is 23.9 Å². The topological polar surface area (TPSA) is 102 Å². The summed E-state index contributed by atoms with van der Waals surface area (Å²) in [6.45, 7) is -0.0565. The lowest BCUT2D eigenvalue weighted by atomic mass is 10.1. The normalized spacial score (nSPS) is 14.1. The molecule has 0 saturated heterocycles. The highest BCUT2D eigenvalue weighted by Crippen LogP contribution is 2.40. The van der Waals surface area contributed by atoms with E-state index in [9.17, 15) is 14.4 Å². The van der Waals surface area contributed by atoms with E-state index >= 15 is 0 Å². The van der Waals surface area contributed by atoms with E-state index in [4.69, 9.17) is 9.47 Å². The summed E-state index contributed by atoms with van der Waals surface area (Å²) in [5.41, 5.74) is 2.04. The molecule has 0 radical (unpaired) electrons. The van der Waals surface area contributed by atoms with Gasteiger partial charge in [-0.3, -0.25) is 29.2 Å². The van der Waals surface area contributed by atoms with Gasteiger partial charge < -0.3 is 9.47 Å². The number of carbonyl (C=O) groups excluding carboxylic acids is 3. The maximum absolute atomic E-state index is 13.5. The molecule has 2 aromatic carbocycles. The van der Waals surface area contributed by atoms with Crippen LogP contribution in [-0.2, 0) is 11.3 Å². The van der Waals surface area contributed by atoms with E-state index in [2.05, 4.69) is 9.97 Å². The van der Waals surface area contributed by atoms with E-state index in [1.807, 2.05) is 12.1 Å². The molecule has 0 unspecified atom stereocenters. The summed E-state index contributed by atoms with van der Waals surface area (Å²) < 4.78 is 11.7. The van der Waals surface area contributed by atoms with E-state index in [1.165, 1.54) is 16.2 Å². The van der Waals surface area contributed by atoms with Crippen molar-refractivity contribution in [1.29, 1.82) is 0 Å². The average Bonchev–Trinajstić information content (AvgIpc) is 3.54. The zero-order chi connectivity index (χ0) is 23.2. The van der Waals surface area contributed by atoms with Crippen LogP contribution in [0, 0.1) is 0 Å². The van der Waals surface area contributed by atoms with E-state index < -0.39 is 24.3 Å². The van der Waals surface area contributed by atoms with Crippen LogP contribution in [0.15, 0.2) is 60.9 Å². The number of amides is 3. The van der Waals surface area contributed by atoms with Crippen LogP contribution in [0.3, 0.4) is 0 Å². The largest absolute Gasteiger partial charge is 0.454 e. The highest BCUT2D eigenvalue weighted by Gasteiger charge is 2.37. The number of hydrogen-bond donors (Lipinski definition) is 0. The quantitative estimate of drug-likeness (QED) is 0.411. The number of carbonyl (C=O) groups is 3. The molecule has 2 aliphatic rings. The second-order valence-corrected chi connectivity index (χ2v) is 8.76. The summed E-state index contributed by atoms with van der Waals surface area (Å²) in [6.07, 6.45) is 3.31. The number of imide groups is 1. The molecule has 0 N–H and O–H groups in total. The predicted octanol–water partition coefficient (Wildman–Crippen LogP) is 3.25. The Bertz CT molecular complexity index is 1390. The molecule has 168 valence electrons. The van der Waals surface area contributed by atoms with Crippen molar-refractivity contribution in [3.8, 4) is 11.5 Å². The number of anilines is 1. The SMILES string of the molecule is O=C1c2ccccc2C(=O)N1CC(=O)N(Cc1cccnc1)c1nc2cc3c(cc2s1)OCO3. The zero-order valence-corrected chi connectivity index (χ0v) is 18.4. The summed E-state index contributed by atoms with van der Waals surface area (Å²) in [4.78, 5) is 50.3. The summed E-state index contributed by atoms with van der Waals surface area (Å²) in [6, 6.07) is 13.8. The molecular weight excluding hydrogens is 456 g/mol. The van der Waals surface area contributed by atoms with Crippen LogP contribution in [0.1, 0.15) is 26.3 Å². The summed E-state index contributed by atoms with van der Waals surface area (Å²) >= 11 is 1.32. The molecule has 0 saturated carbocycles. The first-order valence-electron chi connectivity index (χ1n) is 10.4. The Hall–Kier alpha value is -4.31. The molecule has 2 aliphatic heterocycles. The van der Waals surface area contributed by atoms with Crippen molar-refractivity contribution in [2.24, 2.45) is 0 Å². The summed E-state index contributed by atoms with van der Waals surface area (Å²) in [5.74, 6) is -0.174. The predicted molar refractivity (Wildman–Crippen MR) is 123 cm³/mol. The summed E-state index contributed by atoms with van der Waals surface area (Å²) in [7, 11) is 0. The van der Waals surface area contributed by atoms with Gasteiger partial charge >= 0.3 is 0 Å². The van der Waals surface area contributed by atoms with Crippen LogP contribution in [0.4, 0.5) is 5.13 Å². The third kappa shape index (κ3) is 3.35. The highest BCUT2D eigenvalue weighted by molar-refractivity contribution is 7.22. The number of hydrogen-bond acceptors (Lipinski definition) is 8. The number of thiazole rings is 1. The lowest BCUT2D eigenvalue weighted by molar-refractivity contribution is -0.119. The monoisotopic (exact) mass is 472 g/mol. The fraction of sp³-hybridized carbons (Fsp3) is 0.125. The Morgan fingerprint density at radius 3 is 2.47 bits per heavy atom. The van der Waals surface area contributed by atoms with Gasteiger partial charge in [0.25, 0.3) is 11.8 Å². The molecule has 0 atom stereocenters. The number of benzene rings is 2. The van der Waals surface area contributed by atoms with Gasteiger partial charge in [-0.25, -0.2) is 4.98 Å². The number of fused-ring (bicyclic) bond motifs is 3.